The first-order valence-electron chi connectivity index (χ1n) is 17.8. The van der Waals surface area contributed by atoms with Crippen LogP contribution in [-0.4, -0.2) is 52.8 Å². The van der Waals surface area contributed by atoms with E-state index in [-0.39, 0.29) is 11.6 Å². The zero-order valence-electron chi connectivity index (χ0n) is 31.4. The molecule has 5 aromatic carbocycles. The number of nitrogens with zero attached hydrogens (tertiary/aromatic N) is 7. The van der Waals surface area contributed by atoms with E-state index < -0.39 is 193 Å². The Labute approximate surface area is 351 Å². The van der Waals surface area contributed by atoms with Gasteiger partial charge in [0.15, 0.2) is 116 Å². The molecule has 2 aliphatic rings. The molecule has 332 valence electrons. The number of rotatable bonds is 3. The van der Waals surface area contributed by atoms with E-state index in [9.17, 15) is 31.1 Å². The van der Waals surface area contributed by atoms with E-state index in [0.717, 1.165) is 31.4 Å². The quantitative estimate of drug-likeness (QED) is 0.0795. The smallest absolute Gasteiger partial charge is 0.337 e. The SMILES string of the molecule is COC(=O)c1ccc(Oc2c(F)c(F)c(F)c3c4nc5nc(nc6c7c(F)c(F)c(F)c(F)c7c(nc7nc(nc([nH]4)c23)-c2cc(F)c(F)c(F)c2-7)n6F)-c2c(F)c(F)c(F)c(F)c2-5)cc1. The number of fused-ring (bicyclic) bond motifs is 20. The van der Waals surface area contributed by atoms with Crippen molar-refractivity contribution in [3.63, 3.8) is 0 Å². The summed E-state index contributed by atoms with van der Waals surface area (Å²) < 4.78 is 242. The van der Waals surface area contributed by atoms with Gasteiger partial charge in [0, 0.05) is 5.56 Å². The van der Waals surface area contributed by atoms with Gasteiger partial charge in [0.2, 0.25) is 5.82 Å². The Kier molecular flexibility index (Phi) is 9.06. The molecule has 5 heterocycles. The van der Waals surface area contributed by atoms with Gasteiger partial charge >= 0.3 is 5.97 Å². The first kappa shape index (κ1) is 41.7. The van der Waals surface area contributed by atoms with Crippen molar-refractivity contribution in [2.45, 2.75) is 0 Å². The number of nitrogens with one attached hydrogen (secondary N) is 1. The van der Waals surface area contributed by atoms with Crippen molar-refractivity contribution < 1.29 is 80.2 Å². The summed E-state index contributed by atoms with van der Waals surface area (Å²) in [5, 5.41) is -5.70. The van der Waals surface area contributed by atoms with Gasteiger partial charge in [-0.3, -0.25) is 0 Å². The maximum absolute atomic E-state index is 16.6. The molecule has 11 nitrogen and oxygen atoms in total. The number of hydrogen-bond donors (Lipinski definition) is 1. The zero-order valence-corrected chi connectivity index (χ0v) is 31.4. The molecule has 0 unspecified atom stereocenters. The predicted octanol–water partition coefficient (Wildman–Crippen LogP) is 10.6. The number of carbonyl (C=O) groups excluding carboxylic acids is 1. The van der Waals surface area contributed by atoms with E-state index in [1.807, 2.05) is 0 Å². The lowest BCUT2D eigenvalue weighted by Crippen LogP contribution is -2.02. The van der Waals surface area contributed by atoms with Gasteiger partial charge in [0.25, 0.3) is 0 Å². The largest absolute Gasteiger partial charge is 0.465 e. The fourth-order valence-corrected chi connectivity index (χ4v) is 7.24. The second-order valence-corrected chi connectivity index (χ2v) is 13.8. The van der Waals surface area contributed by atoms with Crippen LogP contribution in [0.15, 0.2) is 30.3 Å². The number of aromatic nitrogens is 8. The molecule has 0 amide bonds. The zero-order chi connectivity index (χ0) is 47.1. The van der Waals surface area contributed by atoms with Crippen LogP contribution in [0.25, 0.3) is 89.7 Å². The van der Waals surface area contributed by atoms with Crippen LogP contribution in [0.3, 0.4) is 0 Å². The van der Waals surface area contributed by atoms with Gasteiger partial charge in [-0.15, -0.1) is 4.79 Å². The van der Waals surface area contributed by atoms with Crippen molar-refractivity contribution in [2.24, 2.45) is 0 Å². The molecule has 26 heteroatoms. The Bertz CT molecular complexity index is 3770. The molecule has 3 aromatic heterocycles. The minimum absolute atomic E-state index is 0.0933. The summed E-state index contributed by atoms with van der Waals surface area (Å²) >= 11 is 0. The highest BCUT2D eigenvalue weighted by molar-refractivity contribution is 6.10. The summed E-state index contributed by atoms with van der Waals surface area (Å²) in [7, 11) is 1.04. The molecular formula is C40H9F15N8O3. The number of H-pyrrole nitrogens is 1. The van der Waals surface area contributed by atoms with Crippen LogP contribution in [0.1, 0.15) is 10.4 Å². The standard InChI is InChI=1S/C40H9F15N8O3/c1-65-40(64)7-2-4-8(5-3-7)66-31-17-14(22(46)29(53)30(31)54)35-58-34-12-13(21(45)26(50)25(49)20(12)44)36(59-34)62-39-16-15(23(47)27(51)28(52)24(16)48)38(63(39)55)61-33-11-9(6-10(41)18(42)19(11)43)32(56-33)57-37(17)60-35/h2-6H,1H3,(H,56,57,58,59,60,61,62). The van der Waals surface area contributed by atoms with Crippen LogP contribution in [0.5, 0.6) is 11.5 Å². The van der Waals surface area contributed by atoms with Crippen LogP contribution < -0.4 is 4.74 Å². The predicted molar refractivity (Wildman–Crippen MR) is 193 cm³/mol. The number of esters is 1. The van der Waals surface area contributed by atoms with Gasteiger partial charge in [-0.1, -0.05) is 4.48 Å². The summed E-state index contributed by atoms with van der Waals surface area (Å²) in [6.45, 7) is 0. The highest BCUT2D eigenvalue weighted by atomic mass is 19.2. The van der Waals surface area contributed by atoms with Gasteiger partial charge in [-0.25, -0.2) is 91.8 Å². The molecule has 0 radical (unpaired) electrons. The lowest BCUT2D eigenvalue weighted by molar-refractivity contribution is 0.0600. The van der Waals surface area contributed by atoms with Crippen molar-refractivity contribution in [1.29, 1.82) is 0 Å². The Hall–Kier alpha value is -8.32. The van der Waals surface area contributed by atoms with E-state index in [1.54, 1.807) is 0 Å². The van der Waals surface area contributed by atoms with E-state index in [2.05, 4.69) is 39.6 Å². The van der Waals surface area contributed by atoms with Crippen molar-refractivity contribution in [1.82, 2.24) is 39.7 Å². The third-order valence-electron chi connectivity index (χ3n) is 10.2. The minimum Gasteiger partial charge on any atom is -0.465 e. The third-order valence-corrected chi connectivity index (χ3v) is 10.2. The molecule has 8 bridgehead atoms. The molecule has 0 spiro atoms. The van der Waals surface area contributed by atoms with Gasteiger partial charge < -0.3 is 14.5 Å². The Morgan fingerprint density at radius 2 is 0.955 bits per heavy atom. The first-order chi connectivity index (χ1) is 31.3. The summed E-state index contributed by atoms with van der Waals surface area (Å²) in [5.41, 5.74) is -11.2. The number of halogens is 15. The van der Waals surface area contributed by atoms with Crippen LogP contribution in [-0.2, 0) is 4.74 Å². The normalized spacial score (nSPS) is 12.0. The average Bonchev–Trinajstić information content (AvgIpc) is 4.02. The fourth-order valence-electron chi connectivity index (χ4n) is 7.24. The summed E-state index contributed by atoms with van der Waals surface area (Å²) in [4.78, 5) is 35.5. The highest BCUT2D eigenvalue weighted by Gasteiger charge is 2.37. The number of hydrogen-bond acceptors (Lipinski definition) is 9. The minimum atomic E-state index is -2.64. The number of methoxy groups -OCH3 is 1. The van der Waals surface area contributed by atoms with Crippen LogP contribution in [0, 0.1) is 81.4 Å². The van der Waals surface area contributed by atoms with E-state index in [1.165, 1.54) is 0 Å². The highest BCUT2D eigenvalue weighted by Crippen LogP contribution is 2.45. The summed E-state index contributed by atoms with van der Waals surface area (Å²) in [6, 6.07) is 4.38. The van der Waals surface area contributed by atoms with E-state index >= 15 is 39.6 Å². The molecule has 1 N–H and O–H groups in total. The second-order valence-electron chi connectivity index (χ2n) is 13.8. The van der Waals surface area contributed by atoms with Gasteiger partial charge in [-0.05, 0) is 30.3 Å². The Balaban J connectivity index is 1.45. The molecule has 8 aromatic rings. The van der Waals surface area contributed by atoms with Gasteiger partial charge in [-0.2, -0.15) is 4.39 Å². The molecule has 10 rings (SSSR count). The van der Waals surface area contributed by atoms with Gasteiger partial charge in [0.1, 0.15) is 17.0 Å². The average molecular weight is 935 g/mol. The number of carbonyl (C=O) groups is 1. The second kappa shape index (κ2) is 14.3. The maximum atomic E-state index is 16.6. The van der Waals surface area contributed by atoms with E-state index in [0.29, 0.717) is 0 Å². The molecule has 0 saturated heterocycles. The molecule has 0 atom stereocenters. The van der Waals surface area contributed by atoms with Crippen LogP contribution >= 0.6 is 0 Å². The maximum Gasteiger partial charge on any atom is 0.337 e. The summed E-state index contributed by atoms with van der Waals surface area (Å²) in [6.07, 6.45) is 0. The molecule has 66 heavy (non-hydrogen) atoms. The topological polar surface area (TPSA) is 134 Å². The van der Waals surface area contributed by atoms with E-state index in [4.69, 9.17) is 4.74 Å². The number of benzene rings is 5. The van der Waals surface area contributed by atoms with Crippen LogP contribution in [0.2, 0.25) is 0 Å². The Morgan fingerprint density at radius 3 is 1.53 bits per heavy atom. The molecule has 0 saturated carbocycles. The fraction of sp³-hybridized carbons (Fsp3) is 0.0250. The van der Waals surface area contributed by atoms with Crippen molar-refractivity contribution in [2.75, 3.05) is 7.11 Å². The monoisotopic (exact) mass is 934 g/mol. The van der Waals surface area contributed by atoms with Crippen molar-refractivity contribution in [3.8, 4) is 57.1 Å². The molecule has 0 fully saturated rings. The number of ether oxygens (including phenoxy) is 2. The molecule has 2 aliphatic heterocycles. The Morgan fingerprint density at radius 1 is 0.500 bits per heavy atom. The van der Waals surface area contributed by atoms with Crippen molar-refractivity contribution >= 4 is 50.1 Å². The summed E-state index contributed by atoms with van der Waals surface area (Å²) in [5.74, 6) is -41.1. The third kappa shape index (κ3) is 5.65. The van der Waals surface area contributed by atoms with Crippen molar-refractivity contribution in [3.05, 3.63) is 117 Å². The molecule has 0 aliphatic carbocycles. The molecular weight excluding hydrogens is 925 g/mol. The lowest BCUT2D eigenvalue weighted by Gasteiger charge is -2.10. The number of aromatic amines is 1. The van der Waals surface area contributed by atoms with Crippen LogP contribution in [0.4, 0.5) is 65.9 Å². The lowest BCUT2D eigenvalue weighted by atomic mass is 10.1. The van der Waals surface area contributed by atoms with Gasteiger partial charge in [0.05, 0.1) is 50.9 Å². The first-order valence-corrected chi connectivity index (χ1v) is 17.8.